The molecule has 0 bridgehead atoms. The van der Waals surface area contributed by atoms with E-state index in [1.165, 1.54) is 25.3 Å². The fraction of sp³-hybridized carbons (Fsp3) is 0.125. The first kappa shape index (κ1) is 23.3. The molecule has 3 aromatic carbocycles. The first-order valence-corrected chi connectivity index (χ1v) is 10.3. The first-order chi connectivity index (χ1) is 15.3. The van der Waals surface area contributed by atoms with Crippen molar-refractivity contribution < 1.29 is 19.2 Å². The van der Waals surface area contributed by atoms with Crippen molar-refractivity contribution in [3.8, 4) is 11.5 Å². The number of hydrogen-bond acceptors (Lipinski definition) is 5. The van der Waals surface area contributed by atoms with Crippen LogP contribution in [0.1, 0.15) is 27.0 Å². The summed E-state index contributed by atoms with van der Waals surface area (Å²) in [5.74, 6) is 0.454. The number of hydrogen-bond donors (Lipinski definition) is 0. The Hall–Kier alpha value is -3.35. The van der Waals surface area contributed by atoms with E-state index in [9.17, 15) is 14.9 Å². The largest absolute Gasteiger partial charge is 0.496 e. The number of nitrogens with zero attached hydrogens (tertiary/aromatic N) is 1. The molecule has 0 saturated carbocycles. The molecule has 0 aliphatic heterocycles. The molecular formula is C24H19Cl2NO5. The maximum atomic E-state index is 12.5. The Morgan fingerprint density at radius 1 is 1.06 bits per heavy atom. The third kappa shape index (κ3) is 5.66. The van der Waals surface area contributed by atoms with Crippen LogP contribution in [0, 0.1) is 17.0 Å². The number of allylic oxidation sites excluding steroid dienone is 1. The second-order valence-corrected chi connectivity index (χ2v) is 7.75. The van der Waals surface area contributed by atoms with Gasteiger partial charge < -0.3 is 9.47 Å². The highest BCUT2D eigenvalue weighted by atomic mass is 35.5. The molecule has 0 saturated heterocycles. The maximum absolute atomic E-state index is 12.5. The molecule has 3 aromatic rings. The third-order valence-electron chi connectivity index (χ3n) is 4.62. The molecule has 0 fully saturated rings. The standard InChI is InChI=1S/C24H19Cl2NO5/c1-15-3-9-24(21(11-15)27(29)30)32-14-17-12-16(5-10-23(17)31-2)4-8-22(28)19-7-6-18(25)13-20(19)26/h3-13H,14H2,1-2H3/b8-4+. The highest BCUT2D eigenvalue weighted by Crippen LogP contribution is 2.30. The van der Waals surface area contributed by atoms with E-state index in [2.05, 4.69) is 0 Å². The number of ether oxygens (including phenoxy) is 2. The van der Waals surface area contributed by atoms with Crippen molar-refractivity contribution in [2.24, 2.45) is 0 Å². The van der Waals surface area contributed by atoms with Crippen LogP contribution in [0.15, 0.2) is 60.7 Å². The SMILES string of the molecule is COc1ccc(/C=C/C(=O)c2ccc(Cl)cc2Cl)cc1COc1ccc(C)cc1[N+](=O)[O-]. The molecule has 8 heteroatoms. The van der Waals surface area contributed by atoms with Crippen LogP contribution in [-0.2, 0) is 6.61 Å². The van der Waals surface area contributed by atoms with Gasteiger partial charge in [-0.25, -0.2) is 0 Å². The van der Waals surface area contributed by atoms with Gasteiger partial charge in [0.1, 0.15) is 12.4 Å². The van der Waals surface area contributed by atoms with Crippen molar-refractivity contribution in [2.75, 3.05) is 7.11 Å². The molecule has 0 unspecified atom stereocenters. The van der Waals surface area contributed by atoms with Gasteiger partial charge in [-0.2, -0.15) is 0 Å². The van der Waals surface area contributed by atoms with Crippen molar-refractivity contribution in [3.63, 3.8) is 0 Å². The van der Waals surface area contributed by atoms with E-state index in [0.717, 1.165) is 11.1 Å². The van der Waals surface area contributed by atoms with E-state index in [0.29, 0.717) is 21.9 Å². The Morgan fingerprint density at radius 2 is 1.81 bits per heavy atom. The smallest absolute Gasteiger partial charge is 0.311 e. The van der Waals surface area contributed by atoms with Crippen LogP contribution < -0.4 is 9.47 Å². The lowest BCUT2D eigenvalue weighted by Gasteiger charge is -2.12. The summed E-state index contributed by atoms with van der Waals surface area (Å²) in [6.07, 6.45) is 3.05. The predicted molar refractivity (Wildman–Crippen MR) is 125 cm³/mol. The summed E-state index contributed by atoms with van der Waals surface area (Å²) in [4.78, 5) is 23.3. The molecule has 0 atom stereocenters. The van der Waals surface area contributed by atoms with Crippen molar-refractivity contribution in [3.05, 3.63) is 103 Å². The molecule has 164 valence electrons. The zero-order chi connectivity index (χ0) is 23.3. The zero-order valence-corrected chi connectivity index (χ0v) is 18.8. The first-order valence-electron chi connectivity index (χ1n) is 9.50. The van der Waals surface area contributed by atoms with Crippen LogP contribution in [0.2, 0.25) is 10.0 Å². The van der Waals surface area contributed by atoms with E-state index in [1.54, 1.807) is 55.5 Å². The molecule has 0 radical (unpaired) electrons. The number of nitro groups is 1. The van der Waals surface area contributed by atoms with Gasteiger partial charge in [0.05, 0.1) is 17.1 Å². The molecule has 0 aliphatic carbocycles. The molecule has 0 heterocycles. The van der Waals surface area contributed by atoms with Crippen LogP contribution in [-0.4, -0.2) is 17.8 Å². The van der Waals surface area contributed by atoms with E-state index in [-0.39, 0.29) is 28.8 Å². The molecule has 0 N–H and O–H groups in total. The second kappa shape index (κ2) is 10.3. The number of halogens is 2. The monoisotopic (exact) mass is 471 g/mol. The number of ketones is 1. The summed E-state index contributed by atoms with van der Waals surface area (Å²) in [7, 11) is 1.52. The highest BCUT2D eigenvalue weighted by molar-refractivity contribution is 6.37. The normalized spacial score (nSPS) is 10.9. The predicted octanol–water partition coefficient (Wildman–Crippen LogP) is 6.69. The molecular weight excluding hydrogens is 453 g/mol. The van der Waals surface area contributed by atoms with E-state index in [1.807, 2.05) is 0 Å². The van der Waals surface area contributed by atoms with Crippen LogP contribution in [0.25, 0.3) is 6.08 Å². The number of methoxy groups -OCH3 is 1. The summed E-state index contributed by atoms with van der Waals surface area (Å²) >= 11 is 12.0. The van der Waals surface area contributed by atoms with E-state index >= 15 is 0 Å². The molecule has 0 aromatic heterocycles. The number of carbonyl (C=O) groups is 1. The Balaban J connectivity index is 1.81. The second-order valence-electron chi connectivity index (χ2n) is 6.91. The minimum atomic E-state index is -0.480. The van der Waals surface area contributed by atoms with Gasteiger partial charge in [-0.1, -0.05) is 41.4 Å². The average molecular weight is 472 g/mol. The van der Waals surface area contributed by atoms with Crippen molar-refractivity contribution in [2.45, 2.75) is 13.5 Å². The number of aryl methyl sites for hydroxylation is 1. The van der Waals surface area contributed by atoms with Crippen LogP contribution in [0.3, 0.4) is 0 Å². The average Bonchev–Trinajstić information content (AvgIpc) is 2.76. The summed E-state index contributed by atoms with van der Waals surface area (Å²) in [5, 5.41) is 12.0. The highest BCUT2D eigenvalue weighted by Gasteiger charge is 2.16. The topological polar surface area (TPSA) is 78.7 Å². The molecule has 6 nitrogen and oxygen atoms in total. The third-order valence-corrected chi connectivity index (χ3v) is 5.17. The fourth-order valence-electron chi connectivity index (χ4n) is 3.01. The van der Waals surface area contributed by atoms with Crippen molar-refractivity contribution in [1.29, 1.82) is 0 Å². The van der Waals surface area contributed by atoms with Gasteiger partial charge in [0, 0.05) is 22.2 Å². The Kier molecular flexibility index (Phi) is 7.51. The molecule has 0 spiro atoms. The Labute approximate surface area is 195 Å². The molecule has 0 aliphatic rings. The van der Waals surface area contributed by atoms with E-state index < -0.39 is 4.92 Å². The molecule has 0 amide bonds. The summed E-state index contributed by atoms with van der Waals surface area (Å²) in [6.45, 7) is 1.82. The number of benzene rings is 3. The zero-order valence-electron chi connectivity index (χ0n) is 17.3. The number of carbonyl (C=O) groups excluding carboxylic acids is 1. The van der Waals surface area contributed by atoms with Gasteiger partial charge in [0.25, 0.3) is 0 Å². The minimum absolute atomic E-state index is 0.0473. The summed E-state index contributed by atoms with van der Waals surface area (Å²) in [6, 6.07) is 14.7. The number of rotatable bonds is 8. The van der Waals surface area contributed by atoms with Crippen LogP contribution in [0.5, 0.6) is 11.5 Å². The summed E-state index contributed by atoms with van der Waals surface area (Å²) < 4.78 is 11.1. The fourth-order valence-corrected chi connectivity index (χ4v) is 3.52. The van der Waals surface area contributed by atoms with Crippen molar-refractivity contribution >= 4 is 40.7 Å². The van der Waals surface area contributed by atoms with Crippen LogP contribution >= 0.6 is 23.2 Å². The van der Waals surface area contributed by atoms with Gasteiger partial charge in [-0.3, -0.25) is 14.9 Å². The molecule has 3 rings (SSSR count). The lowest BCUT2D eigenvalue weighted by Crippen LogP contribution is -2.02. The lowest BCUT2D eigenvalue weighted by molar-refractivity contribution is -0.386. The van der Waals surface area contributed by atoms with Gasteiger partial charge >= 0.3 is 5.69 Å². The van der Waals surface area contributed by atoms with Gasteiger partial charge in [0.15, 0.2) is 11.5 Å². The summed E-state index contributed by atoms with van der Waals surface area (Å²) in [5.41, 5.74) is 2.39. The lowest BCUT2D eigenvalue weighted by atomic mass is 10.1. The minimum Gasteiger partial charge on any atom is -0.496 e. The molecule has 32 heavy (non-hydrogen) atoms. The Morgan fingerprint density at radius 3 is 2.50 bits per heavy atom. The van der Waals surface area contributed by atoms with Crippen LogP contribution in [0.4, 0.5) is 5.69 Å². The number of nitro benzene ring substituents is 1. The van der Waals surface area contributed by atoms with E-state index in [4.69, 9.17) is 32.7 Å². The van der Waals surface area contributed by atoms with Gasteiger partial charge in [-0.05, 0) is 60.5 Å². The maximum Gasteiger partial charge on any atom is 0.311 e. The Bertz CT molecular complexity index is 1210. The quantitative estimate of drug-likeness (QED) is 0.158. The van der Waals surface area contributed by atoms with Gasteiger partial charge in [0.2, 0.25) is 0 Å². The van der Waals surface area contributed by atoms with Crippen molar-refractivity contribution in [1.82, 2.24) is 0 Å². The van der Waals surface area contributed by atoms with Gasteiger partial charge in [-0.15, -0.1) is 0 Å².